The van der Waals surface area contributed by atoms with E-state index >= 15 is 0 Å². The van der Waals surface area contributed by atoms with E-state index in [4.69, 9.17) is 23.2 Å². The Balaban J connectivity index is 1.69. The Hall–Kier alpha value is -1.88. The van der Waals surface area contributed by atoms with Gasteiger partial charge in [-0.05, 0) is 36.8 Å². The average molecular weight is 377 g/mol. The molecule has 0 saturated heterocycles. The van der Waals surface area contributed by atoms with Crippen LogP contribution in [0, 0.1) is 6.92 Å². The fraction of sp³-hybridized carbons (Fsp3) is 0.111. The molecule has 122 valence electrons. The number of nitrogens with one attached hydrogen (secondary N) is 1. The van der Waals surface area contributed by atoms with E-state index in [2.05, 4.69) is 10.3 Å². The van der Waals surface area contributed by atoms with Crippen molar-refractivity contribution in [2.75, 3.05) is 5.32 Å². The summed E-state index contributed by atoms with van der Waals surface area (Å²) in [6.07, 6.45) is 0.196. The summed E-state index contributed by atoms with van der Waals surface area (Å²) in [7, 11) is 0. The van der Waals surface area contributed by atoms with Gasteiger partial charge in [0.25, 0.3) is 0 Å². The Kier molecular flexibility index (Phi) is 5.19. The first-order valence-corrected chi connectivity index (χ1v) is 8.91. The summed E-state index contributed by atoms with van der Waals surface area (Å²) in [5.74, 6) is -0.149. The van der Waals surface area contributed by atoms with Gasteiger partial charge in [0.15, 0.2) is 0 Å². The number of amides is 1. The number of aromatic nitrogens is 1. The lowest BCUT2D eigenvalue weighted by atomic mass is 10.2. The van der Waals surface area contributed by atoms with Gasteiger partial charge in [-0.2, -0.15) is 0 Å². The molecule has 0 bridgehead atoms. The van der Waals surface area contributed by atoms with Crippen molar-refractivity contribution in [3.63, 3.8) is 0 Å². The molecule has 0 unspecified atom stereocenters. The third-order valence-electron chi connectivity index (χ3n) is 3.36. The number of anilines is 1. The molecule has 1 amide bonds. The molecule has 3 rings (SSSR count). The van der Waals surface area contributed by atoms with Crippen molar-refractivity contribution < 1.29 is 4.79 Å². The number of aryl methyl sites for hydroxylation is 1. The number of hydrogen-bond donors (Lipinski definition) is 1. The number of nitrogens with zero attached hydrogens (tertiary/aromatic N) is 1. The summed E-state index contributed by atoms with van der Waals surface area (Å²) in [6.45, 7) is 1.95. The normalized spacial score (nSPS) is 10.6. The highest BCUT2D eigenvalue weighted by Crippen LogP contribution is 2.27. The maximum Gasteiger partial charge on any atom is 0.230 e. The Morgan fingerprint density at radius 1 is 1.21 bits per heavy atom. The van der Waals surface area contributed by atoms with Crippen LogP contribution in [0.2, 0.25) is 10.0 Å². The maximum absolute atomic E-state index is 12.2. The predicted molar refractivity (Wildman–Crippen MR) is 101 cm³/mol. The number of thiazole rings is 1. The van der Waals surface area contributed by atoms with Crippen LogP contribution >= 0.6 is 34.5 Å². The quantitative estimate of drug-likeness (QED) is 0.642. The monoisotopic (exact) mass is 376 g/mol. The third kappa shape index (κ3) is 4.15. The van der Waals surface area contributed by atoms with Gasteiger partial charge >= 0.3 is 0 Å². The molecule has 0 aliphatic rings. The molecule has 1 aromatic heterocycles. The molecule has 0 radical (unpaired) electrons. The van der Waals surface area contributed by atoms with Crippen LogP contribution < -0.4 is 5.32 Å². The number of hydrogen-bond acceptors (Lipinski definition) is 3. The molecule has 6 heteroatoms. The summed E-state index contributed by atoms with van der Waals surface area (Å²) in [5.41, 5.74) is 3.32. The second-order valence-electron chi connectivity index (χ2n) is 5.36. The van der Waals surface area contributed by atoms with Gasteiger partial charge in [-0.25, -0.2) is 4.98 Å². The predicted octanol–water partition coefficient (Wildman–Crippen LogP) is 5.61. The summed E-state index contributed by atoms with van der Waals surface area (Å²) in [6, 6.07) is 13.0. The van der Waals surface area contributed by atoms with Gasteiger partial charge < -0.3 is 5.32 Å². The van der Waals surface area contributed by atoms with Crippen molar-refractivity contribution in [2.45, 2.75) is 13.3 Å². The fourth-order valence-corrected chi connectivity index (χ4v) is 3.51. The Morgan fingerprint density at radius 2 is 2.04 bits per heavy atom. The molecule has 3 aromatic rings. The van der Waals surface area contributed by atoms with Gasteiger partial charge in [-0.1, -0.05) is 41.4 Å². The lowest BCUT2D eigenvalue weighted by Crippen LogP contribution is -2.14. The molecule has 24 heavy (non-hydrogen) atoms. The van der Waals surface area contributed by atoms with Crippen LogP contribution in [0.15, 0.2) is 47.8 Å². The molecular formula is C18H14Cl2N2OS. The minimum absolute atomic E-state index is 0.149. The molecule has 0 fully saturated rings. The van der Waals surface area contributed by atoms with Crippen LogP contribution in [0.5, 0.6) is 0 Å². The Bertz CT molecular complexity index is 892. The van der Waals surface area contributed by atoms with E-state index in [9.17, 15) is 4.79 Å². The van der Waals surface area contributed by atoms with E-state index in [0.717, 1.165) is 21.8 Å². The molecule has 2 aromatic carbocycles. The van der Waals surface area contributed by atoms with E-state index in [1.807, 2.05) is 48.7 Å². The van der Waals surface area contributed by atoms with Gasteiger partial charge in [-0.3, -0.25) is 4.79 Å². The summed E-state index contributed by atoms with van der Waals surface area (Å²) in [5, 5.41) is 6.73. The molecule has 0 aliphatic heterocycles. The minimum Gasteiger partial charge on any atom is -0.324 e. The second kappa shape index (κ2) is 7.34. The second-order valence-corrected chi connectivity index (χ2v) is 7.06. The molecular weight excluding hydrogens is 363 g/mol. The lowest BCUT2D eigenvalue weighted by molar-refractivity contribution is -0.115. The zero-order chi connectivity index (χ0) is 17.1. The summed E-state index contributed by atoms with van der Waals surface area (Å²) in [4.78, 5) is 16.7. The zero-order valence-corrected chi connectivity index (χ0v) is 15.2. The van der Waals surface area contributed by atoms with Gasteiger partial charge in [0, 0.05) is 16.0 Å². The summed E-state index contributed by atoms with van der Waals surface area (Å²) < 4.78 is 0. The van der Waals surface area contributed by atoms with Crippen molar-refractivity contribution in [1.29, 1.82) is 0 Å². The van der Waals surface area contributed by atoms with E-state index < -0.39 is 0 Å². The first-order chi connectivity index (χ1) is 11.5. The van der Waals surface area contributed by atoms with Gasteiger partial charge in [0.1, 0.15) is 5.01 Å². The van der Waals surface area contributed by atoms with Gasteiger partial charge in [-0.15, -0.1) is 11.3 Å². The topological polar surface area (TPSA) is 42.0 Å². The molecule has 0 atom stereocenters. The van der Waals surface area contributed by atoms with E-state index in [0.29, 0.717) is 15.7 Å². The molecule has 3 nitrogen and oxygen atoms in total. The van der Waals surface area contributed by atoms with Crippen molar-refractivity contribution in [3.05, 3.63) is 69.1 Å². The Labute approximate surface area is 154 Å². The van der Waals surface area contributed by atoms with Crippen LogP contribution in [0.1, 0.15) is 11.3 Å². The lowest BCUT2D eigenvalue weighted by Gasteiger charge is -2.07. The first kappa shape index (κ1) is 17.0. The summed E-state index contributed by atoms with van der Waals surface area (Å²) >= 11 is 13.6. The number of benzene rings is 2. The van der Waals surface area contributed by atoms with Crippen LogP contribution in [-0.2, 0) is 11.2 Å². The maximum atomic E-state index is 12.2. The van der Waals surface area contributed by atoms with Crippen LogP contribution in [0.4, 0.5) is 5.69 Å². The van der Waals surface area contributed by atoms with Crippen LogP contribution in [-0.4, -0.2) is 10.9 Å². The van der Waals surface area contributed by atoms with E-state index in [1.54, 1.807) is 6.07 Å². The van der Waals surface area contributed by atoms with Gasteiger partial charge in [0.2, 0.25) is 5.91 Å². The minimum atomic E-state index is -0.149. The van der Waals surface area contributed by atoms with Crippen molar-refractivity contribution >= 4 is 46.1 Å². The van der Waals surface area contributed by atoms with E-state index in [1.165, 1.54) is 11.3 Å². The Morgan fingerprint density at radius 3 is 2.79 bits per heavy atom. The molecule has 1 heterocycles. The van der Waals surface area contributed by atoms with Crippen LogP contribution in [0.25, 0.3) is 10.6 Å². The molecule has 1 N–H and O–H groups in total. The number of carbonyl (C=O) groups excluding carboxylic acids is 1. The number of halogens is 2. The fourth-order valence-electron chi connectivity index (χ4n) is 2.22. The molecule has 0 aliphatic carbocycles. The first-order valence-electron chi connectivity index (χ1n) is 7.27. The highest BCUT2D eigenvalue weighted by Gasteiger charge is 2.11. The third-order valence-corrected chi connectivity index (χ3v) is 4.85. The van der Waals surface area contributed by atoms with E-state index in [-0.39, 0.29) is 12.3 Å². The number of carbonyl (C=O) groups is 1. The van der Waals surface area contributed by atoms with Crippen molar-refractivity contribution in [1.82, 2.24) is 4.98 Å². The van der Waals surface area contributed by atoms with Crippen molar-refractivity contribution in [2.24, 2.45) is 0 Å². The average Bonchev–Trinajstić information content (AvgIpc) is 2.98. The highest BCUT2D eigenvalue weighted by molar-refractivity contribution is 7.13. The number of rotatable bonds is 4. The smallest absolute Gasteiger partial charge is 0.230 e. The van der Waals surface area contributed by atoms with Gasteiger partial charge in [0.05, 0.1) is 22.8 Å². The highest BCUT2D eigenvalue weighted by atomic mass is 35.5. The van der Waals surface area contributed by atoms with Crippen molar-refractivity contribution in [3.8, 4) is 10.6 Å². The molecule has 0 spiro atoms. The molecule has 0 saturated carbocycles. The van der Waals surface area contributed by atoms with Crippen LogP contribution in [0.3, 0.4) is 0 Å². The SMILES string of the molecule is Cc1ccc(NC(=O)Cc2csc(-c3cccc(Cl)c3)n2)c(Cl)c1. The zero-order valence-electron chi connectivity index (χ0n) is 12.8. The largest absolute Gasteiger partial charge is 0.324 e. The standard InChI is InChI=1S/C18H14Cl2N2OS/c1-11-5-6-16(15(20)7-11)22-17(23)9-14-10-24-18(21-14)12-3-2-4-13(19)8-12/h2-8,10H,9H2,1H3,(H,22,23).